The van der Waals surface area contributed by atoms with E-state index in [0.717, 1.165) is 18.4 Å². The number of carboxylic acid groups (broad SMARTS) is 1. The predicted octanol–water partition coefficient (Wildman–Crippen LogP) is 1.36. The molecule has 1 saturated heterocycles. The first kappa shape index (κ1) is 15.0. The summed E-state index contributed by atoms with van der Waals surface area (Å²) in [5, 5.41) is 9.26. The molecule has 1 unspecified atom stereocenters. The number of aliphatic carboxylic acids is 1. The molecule has 1 aliphatic rings. The SMILES string of the molecule is O=C(O)C(Cc1ccccc1)CS(=O)(=O)N1CCCC1. The Labute approximate surface area is 119 Å². The summed E-state index contributed by atoms with van der Waals surface area (Å²) in [6, 6.07) is 9.13. The number of nitrogens with zero attached hydrogens (tertiary/aromatic N) is 1. The molecule has 110 valence electrons. The predicted molar refractivity (Wildman–Crippen MR) is 75.9 cm³/mol. The molecule has 2 rings (SSSR count). The van der Waals surface area contributed by atoms with Crippen molar-refractivity contribution in [2.45, 2.75) is 19.3 Å². The van der Waals surface area contributed by atoms with Gasteiger partial charge >= 0.3 is 5.97 Å². The van der Waals surface area contributed by atoms with E-state index in [2.05, 4.69) is 0 Å². The van der Waals surface area contributed by atoms with Gasteiger partial charge in [-0.2, -0.15) is 0 Å². The molecular formula is C14H19NO4S. The minimum atomic E-state index is -3.47. The van der Waals surface area contributed by atoms with Gasteiger partial charge in [0.05, 0.1) is 11.7 Å². The van der Waals surface area contributed by atoms with Crippen molar-refractivity contribution < 1.29 is 18.3 Å². The van der Waals surface area contributed by atoms with Gasteiger partial charge in [0.2, 0.25) is 10.0 Å². The van der Waals surface area contributed by atoms with E-state index in [1.54, 1.807) is 0 Å². The maximum atomic E-state index is 12.2. The van der Waals surface area contributed by atoms with Crippen LogP contribution in [0.3, 0.4) is 0 Å². The lowest BCUT2D eigenvalue weighted by molar-refractivity contribution is -0.140. The van der Waals surface area contributed by atoms with Gasteiger partial charge < -0.3 is 5.11 Å². The molecule has 1 aromatic carbocycles. The first-order chi connectivity index (χ1) is 9.49. The van der Waals surface area contributed by atoms with E-state index in [4.69, 9.17) is 0 Å². The second kappa shape index (κ2) is 6.37. The second-order valence-electron chi connectivity index (χ2n) is 5.11. The average molecular weight is 297 g/mol. The first-order valence-corrected chi connectivity index (χ1v) is 8.34. The van der Waals surface area contributed by atoms with Gasteiger partial charge in [0.25, 0.3) is 0 Å². The fourth-order valence-corrected chi connectivity index (χ4v) is 4.24. The summed E-state index contributed by atoms with van der Waals surface area (Å²) in [6.45, 7) is 1.03. The largest absolute Gasteiger partial charge is 0.481 e. The number of hydrogen-bond acceptors (Lipinski definition) is 3. The van der Waals surface area contributed by atoms with Gasteiger partial charge in [-0.3, -0.25) is 4.79 Å². The third-order valence-corrected chi connectivity index (χ3v) is 5.52. The molecular weight excluding hydrogens is 278 g/mol. The molecule has 1 fully saturated rings. The lowest BCUT2D eigenvalue weighted by Crippen LogP contribution is -2.36. The summed E-state index contributed by atoms with van der Waals surface area (Å²) in [4.78, 5) is 11.3. The summed E-state index contributed by atoms with van der Waals surface area (Å²) in [5.74, 6) is -2.28. The summed E-state index contributed by atoms with van der Waals surface area (Å²) in [7, 11) is -3.47. The molecule has 0 aromatic heterocycles. The molecule has 1 N–H and O–H groups in total. The van der Waals surface area contributed by atoms with Crippen LogP contribution in [0.5, 0.6) is 0 Å². The lowest BCUT2D eigenvalue weighted by atomic mass is 10.0. The molecule has 0 aliphatic carbocycles. The van der Waals surface area contributed by atoms with Gasteiger partial charge in [-0.15, -0.1) is 0 Å². The van der Waals surface area contributed by atoms with Gasteiger partial charge in [-0.1, -0.05) is 30.3 Å². The Morgan fingerprint density at radius 2 is 1.80 bits per heavy atom. The molecule has 20 heavy (non-hydrogen) atoms. The van der Waals surface area contributed by atoms with E-state index in [0.29, 0.717) is 13.1 Å². The third-order valence-electron chi connectivity index (χ3n) is 3.54. The molecule has 0 saturated carbocycles. The molecule has 1 aliphatic heterocycles. The highest BCUT2D eigenvalue weighted by Crippen LogP contribution is 2.18. The smallest absolute Gasteiger partial charge is 0.307 e. The summed E-state index contributed by atoms with van der Waals surface area (Å²) in [6.07, 6.45) is 1.95. The number of rotatable bonds is 6. The second-order valence-corrected chi connectivity index (χ2v) is 7.12. The van der Waals surface area contributed by atoms with Gasteiger partial charge in [0, 0.05) is 13.1 Å². The topological polar surface area (TPSA) is 74.7 Å². The Bertz CT molecular complexity index is 550. The number of carbonyl (C=O) groups is 1. The molecule has 1 aromatic rings. The van der Waals surface area contributed by atoms with Gasteiger partial charge in [-0.25, -0.2) is 12.7 Å². The number of sulfonamides is 1. The van der Waals surface area contributed by atoms with E-state index in [1.807, 2.05) is 30.3 Å². The monoisotopic (exact) mass is 297 g/mol. The lowest BCUT2D eigenvalue weighted by Gasteiger charge is -2.19. The Balaban J connectivity index is 2.08. The summed E-state index contributed by atoms with van der Waals surface area (Å²) in [5.41, 5.74) is 0.844. The van der Waals surface area contributed by atoms with Crippen molar-refractivity contribution in [3.63, 3.8) is 0 Å². The van der Waals surface area contributed by atoms with E-state index < -0.39 is 21.9 Å². The molecule has 1 heterocycles. The van der Waals surface area contributed by atoms with Gasteiger partial charge in [-0.05, 0) is 24.8 Å². The quantitative estimate of drug-likeness (QED) is 0.860. The first-order valence-electron chi connectivity index (χ1n) is 6.73. The van der Waals surface area contributed by atoms with Crippen molar-refractivity contribution in [3.05, 3.63) is 35.9 Å². The molecule has 1 atom stereocenters. The van der Waals surface area contributed by atoms with Gasteiger partial charge in [0.1, 0.15) is 0 Å². The number of carboxylic acids is 1. The Morgan fingerprint density at radius 1 is 1.20 bits per heavy atom. The standard InChI is InChI=1S/C14H19NO4S/c16-14(17)13(10-12-6-2-1-3-7-12)11-20(18,19)15-8-4-5-9-15/h1-3,6-7,13H,4-5,8-11H2,(H,16,17). The molecule has 0 bridgehead atoms. The van der Waals surface area contributed by atoms with Crippen molar-refractivity contribution in [2.24, 2.45) is 5.92 Å². The minimum absolute atomic E-state index is 0.239. The van der Waals surface area contributed by atoms with Crippen LogP contribution in [-0.2, 0) is 21.2 Å². The number of benzene rings is 1. The maximum Gasteiger partial charge on any atom is 0.307 e. The highest BCUT2D eigenvalue weighted by Gasteiger charge is 2.31. The Hall–Kier alpha value is -1.40. The van der Waals surface area contributed by atoms with Crippen molar-refractivity contribution in [1.82, 2.24) is 4.31 Å². The van der Waals surface area contributed by atoms with E-state index >= 15 is 0 Å². The Morgan fingerprint density at radius 3 is 2.35 bits per heavy atom. The maximum absolute atomic E-state index is 12.2. The fourth-order valence-electron chi connectivity index (χ4n) is 2.44. The van der Waals surface area contributed by atoms with Crippen LogP contribution in [0.2, 0.25) is 0 Å². The van der Waals surface area contributed by atoms with Crippen LogP contribution in [-0.4, -0.2) is 42.6 Å². The van der Waals surface area contributed by atoms with Crippen LogP contribution in [0.15, 0.2) is 30.3 Å². The van der Waals surface area contributed by atoms with E-state index in [1.165, 1.54) is 4.31 Å². The third kappa shape index (κ3) is 3.80. The highest BCUT2D eigenvalue weighted by atomic mass is 32.2. The fraction of sp³-hybridized carbons (Fsp3) is 0.500. The molecule has 5 nitrogen and oxygen atoms in total. The highest BCUT2D eigenvalue weighted by molar-refractivity contribution is 7.89. The van der Waals surface area contributed by atoms with Crippen molar-refractivity contribution in [2.75, 3.05) is 18.8 Å². The van der Waals surface area contributed by atoms with Crippen LogP contribution in [0.4, 0.5) is 0 Å². The zero-order valence-electron chi connectivity index (χ0n) is 11.2. The number of hydrogen-bond donors (Lipinski definition) is 1. The molecule has 0 radical (unpaired) electrons. The van der Waals surface area contributed by atoms with Crippen LogP contribution in [0.25, 0.3) is 0 Å². The van der Waals surface area contributed by atoms with Crippen molar-refractivity contribution in [1.29, 1.82) is 0 Å². The molecule has 0 amide bonds. The average Bonchev–Trinajstić information content (AvgIpc) is 2.93. The van der Waals surface area contributed by atoms with Crippen LogP contribution >= 0.6 is 0 Å². The van der Waals surface area contributed by atoms with Crippen molar-refractivity contribution in [3.8, 4) is 0 Å². The van der Waals surface area contributed by atoms with Crippen LogP contribution in [0.1, 0.15) is 18.4 Å². The minimum Gasteiger partial charge on any atom is -0.481 e. The van der Waals surface area contributed by atoms with E-state index in [-0.39, 0.29) is 12.2 Å². The zero-order valence-corrected chi connectivity index (χ0v) is 12.1. The molecule has 0 spiro atoms. The zero-order chi connectivity index (χ0) is 14.6. The van der Waals surface area contributed by atoms with Gasteiger partial charge in [0.15, 0.2) is 0 Å². The van der Waals surface area contributed by atoms with Crippen molar-refractivity contribution >= 4 is 16.0 Å². The normalized spacial score (nSPS) is 18.0. The summed E-state index contributed by atoms with van der Waals surface area (Å²) >= 11 is 0. The van der Waals surface area contributed by atoms with Crippen LogP contribution < -0.4 is 0 Å². The summed E-state index contributed by atoms with van der Waals surface area (Å²) < 4.78 is 25.8. The van der Waals surface area contributed by atoms with Crippen LogP contribution in [0, 0.1) is 5.92 Å². The Kier molecular flexibility index (Phi) is 4.77. The van der Waals surface area contributed by atoms with E-state index in [9.17, 15) is 18.3 Å². The molecule has 6 heteroatoms.